The Morgan fingerprint density at radius 3 is 1.48 bits per heavy atom. The van der Waals surface area contributed by atoms with Crippen molar-refractivity contribution in [3.63, 3.8) is 0 Å². The Bertz CT molecular complexity index is 3580. The number of pyridine rings is 2. The van der Waals surface area contributed by atoms with Crippen LogP contribution in [0.3, 0.4) is 0 Å². The third kappa shape index (κ3) is 22.5. The molecule has 2 aliphatic rings. The number of hydrogen-bond donors (Lipinski definition) is 7. The molecular formula is C68H80F2N12O9. The van der Waals surface area contributed by atoms with Gasteiger partial charge in [-0.1, -0.05) is 60.7 Å². The normalized spacial score (nSPS) is 14.3. The van der Waals surface area contributed by atoms with E-state index < -0.39 is 29.4 Å². The lowest BCUT2D eigenvalue weighted by molar-refractivity contribution is -0.129. The van der Waals surface area contributed by atoms with Crippen LogP contribution in [0.15, 0.2) is 121 Å². The minimum absolute atomic E-state index is 0.00778. The monoisotopic (exact) mass is 1250 g/mol. The first-order chi connectivity index (χ1) is 43.4. The molecule has 480 valence electrons. The van der Waals surface area contributed by atoms with Crippen molar-refractivity contribution in [1.29, 1.82) is 10.5 Å². The number of hydrogen-bond acceptors (Lipinski definition) is 15. The van der Waals surface area contributed by atoms with Crippen molar-refractivity contribution in [2.45, 2.75) is 116 Å². The van der Waals surface area contributed by atoms with Gasteiger partial charge in [-0.05, 0) is 152 Å². The van der Waals surface area contributed by atoms with Gasteiger partial charge in [0.05, 0.1) is 40.2 Å². The largest absolute Gasteiger partial charge is 0.478 e. The zero-order valence-corrected chi connectivity index (χ0v) is 52.2. The molecule has 4 aromatic carbocycles. The fourth-order valence-corrected chi connectivity index (χ4v) is 9.96. The second-order valence-corrected chi connectivity index (χ2v) is 23.5. The van der Waals surface area contributed by atoms with Crippen LogP contribution in [0.1, 0.15) is 123 Å². The molecule has 0 spiro atoms. The number of carboxylic acid groups (broad SMARTS) is 1. The molecule has 0 saturated carbocycles. The van der Waals surface area contributed by atoms with Crippen LogP contribution in [0, 0.1) is 34.3 Å². The smallest absolute Gasteiger partial charge is 0.407 e. The number of carbonyl (C=O) groups is 6. The Labute approximate surface area is 529 Å². The Kier molecular flexibility index (Phi) is 26.3. The summed E-state index contributed by atoms with van der Waals surface area (Å²) >= 11 is 0. The fraction of sp³-hybridized carbons (Fsp3) is 0.382. The molecule has 2 aromatic heterocycles. The van der Waals surface area contributed by atoms with E-state index in [-0.39, 0.29) is 59.4 Å². The zero-order chi connectivity index (χ0) is 66.1. The highest BCUT2D eigenvalue weighted by Gasteiger charge is 2.32. The molecule has 8 N–H and O–H groups in total. The Hall–Kier alpha value is -10.0. The molecule has 2 saturated heterocycles. The minimum Gasteiger partial charge on any atom is -0.478 e. The lowest BCUT2D eigenvalue weighted by Crippen LogP contribution is -2.43. The number of nitrogens with two attached hydrogens (primary N) is 1. The first kappa shape index (κ1) is 70.1. The molecule has 6 aromatic rings. The standard InChI is InChI=1S/C34H39FN6O4.C21H16FN3O2.C13H25N3O3/c1-34(2,3)45-33(44)38-17-7-19-41-26(12-15-30(41)42)22-39-32(43)28-13-14-29(27-11-5-4-9-24(27)21-36)40-31(28)37-18-16-23-8-6-10-25(35)20-23;22-16-6-3-4-14(12-16)10-11-24-20-18(21(26)27)8-9-19(25-20)17-7-2-1-5-15(17)13-23;1-13(2,3)19-12(18)15-7-4-8-16-10(9-14)5-6-11(16)17/h4-6,8-11,13-14,20,26H,7,12,15-19,22H2,1-3H3,(H,37,40)(H,38,44)(H,39,43);1-9,12H,10-11H2,(H,24,25)(H,26,27);10H,4-9,14H2,1-3H3,(H,15,18)/t26-;;10-/m1.1/s1. The summed E-state index contributed by atoms with van der Waals surface area (Å²) < 4.78 is 37.3. The van der Waals surface area contributed by atoms with Crippen molar-refractivity contribution in [2.75, 3.05) is 63.0 Å². The van der Waals surface area contributed by atoms with E-state index in [4.69, 9.17) is 20.2 Å². The maximum Gasteiger partial charge on any atom is 0.407 e. The first-order valence-corrected chi connectivity index (χ1v) is 30.2. The van der Waals surface area contributed by atoms with E-state index in [2.05, 4.69) is 43.7 Å². The van der Waals surface area contributed by atoms with Gasteiger partial charge in [0, 0.05) is 88.4 Å². The summed E-state index contributed by atoms with van der Waals surface area (Å²) in [5.41, 5.74) is 9.71. The number of likely N-dealkylation sites (tertiary alicyclic amines) is 2. The number of ether oxygens (including phenoxy) is 2. The van der Waals surface area contributed by atoms with Crippen molar-refractivity contribution in [3.8, 4) is 34.7 Å². The van der Waals surface area contributed by atoms with Crippen molar-refractivity contribution >= 4 is 47.5 Å². The lowest BCUT2D eigenvalue weighted by Gasteiger charge is -2.25. The van der Waals surface area contributed by atoms with Crippen LogP contribution in [0.4, 0.5) is 30.0 Å². The third-order valence-electron chi connectivity index (χ3n) is 14.3. The van der Waals surface area contributed by atoms with E-state index in [0.29, 0.717) is 136 Å². The van der Waals surface area contributed by atoms with Crippen LogP contribution in [-0.4, -0.2) is 136 Å². The summed E-state index contributed by atoms with van der Waals surface area (Å²) in [6.07, 6.45) is 3.77. The molecule has 4 heterocycles. The molecule has 0 radical (unpaired) electrons. The van der Waals surface area contributed by atoms with Gasteiger partial charge in [-0.2, -0.15) is 10.5 Å². The van der Waals surface area contributed by atoms with E-state index in [9.17, 15) is 53.2 Å². The van der Waals surface area contributed by atoms with Gasteiger partial charge in [0.1, 0.15) is 40.0 Å². The first-order valence-electron chi connectivity index (χ1n) is 30.2. The molecule has 91 heavy (non-hydrogen) atoms. The van der Waals surface area contributed by atoms with Gasteiger partial charge in [-0.25, -0.2) is 33.1 Å². The summed E-state index contributed by atoms with van der Waals surface area (Å²) in [6, 6.07) is 37.3. The molecule has 0 bridgehead atoms. The van der Waals surface area contributed by atoms with Gasteiger partial charge in [-0.15, -0.1) is 0 Å². The maximum atomic E-state index is 13.7. The average molecular weight is 1250 g/mol. The van der Waals surface area contributed by atoms with Crippen LogP contribution in [0.5, 0.6) is 0 Å². The molecule has 2 atom stereocenters. The average Bonchev–Trinajstić information content (AvgIpc) is 3.68. The van der Waals surface area contributed by atoms with Gasteiger partial charge >= 0.3 is 18.2 Å². The highest BCUT2D eigenvalue weighted by atomic mass is 19.1. The third-order valence-corrected chi connectivity index (χ3v) is 14.3. The number of benzene rings is 4. The van der Waals surface area contributed by atoms with Crippen LogP contribution < -0.4 is 32.3 Å². The van der Waals surface area contributed by atoms with Crippen molar-refractivity contribution in [2.24, 2.45) is 5.73 Å². The molecule has 2 fully saturated rings. The lowest BCUT2D eigenvalue weighted by atomic mass is 10.0. The number of aromatic carboxylic acids is 1. The summed E-state index contributed by atoms with van der Waals surface area (Å²) in [7, 11) is 0. The van der Waals surface area contributed by atoms with E-state index in [0.717, 1.165) is 17.5 Å². The number of nitrogens with one attached hydrogen (secondary N) is 5. The van der Waals surface area contributed by atoms with Crippen LogP contribution in [0.2, 0.25) is 0 Å². The summed E-state index contributed by atoms with van der Waals surface area (Å²) in [5.74, 6) is -1.38. The Morgan fingerprint density at radius 1 is 0.604 bits per heavy atom. The molecule has 2 aliphatic heterocycles. The number of carboxylic acids is 1. The second-order valence-electron chi connectivity index (χ2n) is 23.5. The number of nitriles is 2. The number of alkyl carbamates (subject to hydrolysis) is 2. The molecular weight excluding hydrogens is 1170 g/mol. The maximum absolute atomic E-state index is 13.7. The van der Waals surface area contributed by atoms with Crippen LogP contribution in [-0.2, 0) is 31.9 Å². The summed E-state index contributed by atoms with van der Waals surface area (Å²) in [6.45, 7) is 14.3. The minimum atomic E-state index is -1.10. The van der Waals surface area contributed by atoms with Crippen LogP contribution >= 0.6 is 0 Å². The van der Waals surface area contributed by atoms with Crippen molar-refractivity contribution in [3.05, 3.63) is 166 Å². The van der Waals surface area contributed by atoms with Gasteiger partial charge < -0.3 is 56.7 Å². The molecule has 0 aliphatic carbocycles. The predicted octanol–water partition coefficient (Wildman–Crippen LogP) is 10.0. The number of carbonyl (C=O) groups excluding carboxylic acids is 5. The molecule has 5 amide bonds. The predicted molar refractivity (Wildman–Crippen MR) is 341 cm³/mol. The number of halogens is 2. The number of anilines is 2. The van der Waals surface area contributed by atoms with Gasteiger partial charge in [0.25, 0.3) is 5.91 Å². The highest BCUT2D eigenvalue weighted by molar-refractivity contribution is 5.99. The number of aromatic nitrogens is 2. The van der Waals surface area contributed by atoms with E-state index in [1.165, 1.54) is 30.3 Å². The van der Waals surface area contributed by atoms with Crippen molar-refractivity contribution in [1.82, 2.24) is 35.7 Å². The van der Waals surface area contributed by atoms with E-state index in [1.54, 1.807) is 105 Å². The molecule has 8 rings (SSSR count). The van der Waals surface area contributed by atoms with Gasteiger partial charge in [-0.3, -0.25) is 14.4 Å². The zero-order valence-electron chi connectivity index (χ0n) is 52.2. The molecule has 23 heteroatoms. The topological polar surface area (TPSA) is 307 Å². The van der Waals surface area contributed by atoms with E-state index >= 15 is 0 Å². The fourth-order valence-electron chi connectivity index (χ4n) is 9.96. The quantitative estimate of drug-likeness (QED) is 0.0293. The Morgan fingerprint density at radius 2 is 1.04 bits per heavy atom. The summed E-state index contributed by atoms with van der Waals surface area (Å²) in [5, 5.41) is 42.8. The van der Waals surface area contributed by atoms with Crippen LogP contribution in [0.25, 0.3) is 22.5 Å². The van der Waals surface area contributed by atoms with Crippen molar-refractivity contribution < 1.29 is 52.1 Å². The van der Waals surface area contributed by atoms with Gasteiger partial charge in [0.2, 0.25) is 11.8 Å². The highest BCUT2D eigenvalue weighted by Crippen LogP contribution is 2.28. The molecule has 21 nitrogen and oxygen atoms in total. The summed E-state index contributed by atoms with van der Waals surface area (Å²) in [4.78, 5) is 85.1. The number of rotatable bonds is 23. The van der Waals surface area contributed by atoms with E-state index in [1.807, 2.05) is 37.8 Å². The Balaban J connectivity index is 0.000000241. The second kappa shape index (κ2) is 34.1. The molecule has 0 unspecified atom stereocenters. The number of nitrogens with zero attached hydrogens (tertiary/aromatic N) is 6. The SMILES string of the molecule is CC(C)(C)OC(=O)NCCCN1C(=O)CC[C@@H]1CN.CC(C)(C)OC(=O)NCCCN1C(=O)CC[C@@H]1CNC(=O)c1ccc(-c2ccccc2C#N)nc1NCCc1cccc(F)c1.N#Cc1ccccc1-c1ccc(C(=O)O)c(NCCc2cccc(F)c2)n1. The van der Waals surface area contributed by atoms with Gasteiger partial charge in [0.15, 0.2) is 0 Å². The number of amides is 5.